The van der Waals surface area contributed by atoms with Crippen LogP contribution >= 0.6 is 11.6 Å². The quantitative estimate of drug-likeness (QED) is 0.567. The van der Waals surface area contributed by atoms with Gasteiger partial charge in [0, 0.05) is 22.2 Å². The topological polar surface area (TPSA) is 79.6 Å². The molecule has 130 valence electrons. The number of fused-ring (bicyclic) bond motifs is 1. The smallest absolute Gasteiger partial charge is 0.336 e. The maximum absolute atomic E-state index is 12.7. The summed E-state index contributed by atoms with van der Waals surface area (Å²) in [6.07, 6.45) is 0.0489. The van der Waals surface area contributed by atoms with Gasteiger partial charge >= 0.3 is 5.63 Å². The highest BCUT2D eigenvalue weighted by molar-refractivity contribution is 6.31. The van der Waals surface area contributed by atoms with E-state index in [0.29, 0.717) is 22.0 Å². The summed E-state index contributed by atoms with van der Waals surface area (Å²) < 4.78 is 5.09. The molecule has 1 aliphatic rings. The molecule has 0 radical (unpaired) electrons. The number of halogens is 1. The van der Waals surface area contributed by atoms with Gasteiger partial charge in [0.15, 0.2) is 0 Å². The van der Waals surface area contributed by atoms with Crippen LogP contribution in [0.2, 0.25) is 5.02 Å². The highest BCUT2D eigenvalue weighted by Gasteiger charge is 2.39. The van der Waals surface area contributed by atoms with Crippen LogP contribution in [0.5, 0.6) is 0 Å². The van der Waals surface area contributed by atoms with Gasteiger partial charge in [0.1, 0.15) is 11.6 Å². The normalized spacial score (nSPS) is 17.1. The molecule has 1 atom stereocenters. The number of carbonyl (C=O) groups excluding carboxylic acids is 2. The molecule has 0 spiro atoms. The van der Waals surface area contributed by atoms with Crippen molar-refractivity contribution < 1.29 is 14.0 Å². The fourth-order valence-electron chi connectivity index (χ4n) is 2.99. The Balaban J connectivity index is 1.59. The van der Waals surface area contributed by atoms with Crippen LogP contribution < -0.4 is 15.8 Å². The molecule has 0 aliphatic carbocycles. The summed E-state index contributed by atoms with van der Waals surface area (Å²) in [7, 11) is 0. The van der Waals surface area contributed by atoms with Gasteiger partial charge in [-0.15, -0.1) is 0 Å². The lowest BCUT2D eigenvalue weighted by Crippen LogP contribution is -2.34. The monoisotopic (exact) mass is 368 g/mol. The van der Waals surface area contributed by atoms with Gasteiger partial charge in [-0.1, -0.05) is 17.7 Å². The Hall–Kier alpha value is -3.12. The highest BCUT2D eigenvalue weighted by Crippen LogP contribution is 2.27. The molecule has 2 heterocycles. The summed E-state index contributed by atoms with van der Waals surface area (Å²) in [5.74, 6) is -0.626. The first kappa shape index (κ1) is 16.4. The minimum Gasteiger partial charge on any atom is -0.423 e. The number of anilines is 2. The van der Waals surface area contributed by atoms with E-state index in [1.807, 2.05) is 0 Å². The van der Waals surface area contributed by atoms with Crippen molar-refractivity contribution in [1.29, 1.82) is 0 Å². The van der Waals surface area contributed by atoms with Crippen molar-refractivity contribution >= 4 is 45.8 Å². The zero-order valence-corrected chi connectivity index (χ0v) is 14.2. The van der Waals surface area contributed by atoms with Gasteiger partial charge in [-0.05, 0) is 42.5 Å². The molecule has 4 rings (SSSR count). The average molecular weight is 369 g/mol. The van der Waals surface area contributed by atoms with Crippen LogP contribution in [-0.2, 0) is 9.59 Å². The fraction of sp³-hybridized carbons (Fsp3) is 0.105. The van der Waals surface area contributed by atoms with E-state index in [9.17, 15) is 14.4 Å². The van der Waals surface area contributed by atoms with E-state index in [1.54, 1.807) is 48.5 Å². The van der Waals surface area contributed by atoms with Crippen LogP contribution in [0.4, 0.5) is 11.4 Å². The summed E-state index contributed by atoms with van der Waals surface area (Å²) in [4.78, 5) is 37.4. The first-order valence-electron chi connectivity index (χ1n) is 7.94. The number of nitrogens with zero attached hydrogens (tertiary/aromatic N) is 1. The maximum atomic E-state index is 12.7. The van der Waals surface area contributed by atoms with Crippen LogP contribution in [-0.4, -0.2) is 17.9 Å². The molecule has 1 aromatic heterocycles. The summed E-state index contributed by atoms with van der Waals surface area (Å²) >= 11 is 5.96. The third-order valence-corrected chi connectivity index (χ3v) is 4.41. The number of benzene rings is 2. The van der Waals surface area contributed by atoms with Gasteiger partial charge in [0.2, 0.25) is 5.91 Å². The van der Waals surface area contributed by atoms with E-state index in [4.69, 9.17) is 16.0 Å². The third-order valence-electron chi connectivity index (χ3n) is 4.17. The van der Waals surface area contributed by atoms with E-state index in [1.165, 1.54) is 6.07 Å². The van der Waals surface area contributed by atoms with E-state index < -0.39 is 11.7 Å². The van der Waals surface area contributed by atoms with E-state index in [-0.39, 0.29) is 18.2 Å². The molecule has 1 aliphatic heterocycles. The molecule has 1 fully saturated rings. The maximum Gasteiger partial charge on any atom is 0.336 e. The molecule has 2 aromatic carbocycles. The van der Waals surface area contributed by atoms with Gasteiger partial charge in [-0.25, -0.2) is 9.69 Å². The number of hydrogen-bond donors (Lipinski definition) is 1. The molecule has 1 N–H and O–H groups in total. The number of nitrogens with one attached hydrogen (secondary N) is 1. The van der Waals surface area contributed by atoms with Gasteiger partial charge in [0.25, 0.3) is 5.91 Å². The van der Waals surface area contributed by atoms with Crippen molar-refractivity contribution in [3.8, 4) is 0 Å². The van der Waals surface area contributed by atoms with Crippen LogP contribution in [0.25, 0.3) is 11.0 Å². The molecule has 0 saturated carbocycles. The first-order chi connectivity index (χ1) is 12.5. The van der Waals surface area contributed by atoms with E-state index in [2.05, 4.69) is 5.32 Å². The molecule has 1 unspecified atom stereocenters. The number of rotatable bonds is 3. The fourth-order valence-corrected chi connectivity index (χ4v) is 3.18. The average Bonchev–Trinajstić information content (AvgIpc) is 2.88. The Morgan fingerprint density at radius 1 is 1.04 bits per heavy atom. The number of amides is 2. The van der Waals surface area contributed by atoms with Crippen molar-refractivity contribution in [2.24, 2.45) is 0 Å². The summed E-state index contributed by atoms with van der Waals surface area (Å²) in [5.41, 5.74) is 1.15. The van der Waals surface area contributed by atoms with E-state index in [0.717, 1.165) is 10.3 Å². The number of hydrogen-bond acceptors (Lipinski definition) is 5. The van der Waals surface area contributed by atoms with Crippen molar-refractivity contribution in [2.45, 2.75) is 12.5 Å². The Morgan fingerprint density at radius 3 is 2.69 bits per heavy atom. The molecule has 0 bridgehead atoms. The lowest BCUT2D eigenvalue weighted by Gasteiger charge is -2.16. The second-order valence-electron chi connectivity index (χ2n) is 5.96. The summed E-state index contributed by atoms with van der Waals surface area (Å²) in [5, 5.41) is 4.25. The predicted octanol–water partition coefficient (Wildman–Crippen LogP) is 3.19. The Kier molecular flexibility index (Phi) is 3.97. The minimum atomic E-state index is -0.672. The van der Waals surface area contributed by atoms with Crippen LogP contribution in [0.1, 0.15) is 6.42 Å². The zero-order chi connectivity index (χ0) is 18.3. The van der Waals surface area contributed by atoms with Gasteiger partial charge in [-0.3, -0.25) is 9.59 Å². The number of carbonyl (C=O) groups is 2. The molecule has 7 heteroatoms. The Labute approximate surface area is 153 Å². The van der Waals surface area contributed by atoms with Crippen molar-refractivity contribution in [3.63, 3.8) is 0 Å². The Bertz CT molecular complexity index is 1090. The van der Waals surface area contributed by atoms with Crippen molar-refractivity contribution in [2.75, 3.05) is 10.2 Å². The van der Waals surface area contributed by atoms with Gasteiger partial charge in [-0.2, -0.15) is 0 Å². The van der Waals surface area contributed by atoms with Crippen molar-refractivity contribution in [3.05, 3.63) is 70.0 Å². The molecular weight excluding hydrogens is 356 g/mol. The SMILES string of the molecule is O=C1CC(Nc2ccc3oc(=O)ccc3c2)C(=O)N1c1cccc(Cl)c1. The predicted molar refractivity (Wildman–Crippen MR) is 98.5 cm³/mol. The Morgan fingerprint density at radius 2 is 1.88 bits per heavy atom. The molecule has 6 nitrogen and oxygen atoms in total. The first-order valence-corrected chi connectivity index (χ1v) is 8.32. The van der Waals surface area contributed by atoms with Crippen LogP contribution in [0.3, 0.4) is 0 Å². The number of imide groups is 1. The third kappa shape index (κ3) is 2.95. The van der Waals surface area contributed by atoms with Crippen LogP contribution in [0.15, 0.2) is 63.8 Å². The summed E-state index contributed by atoms with van der Waals surface area (Å²) in [6, 6.07) is 14.0. The lowest BCUT2D eigenvalue weighted by atomic mass is 10.2. The second kappa shape index (κ2) is 6.31. The van der Waals surface area contributed by atoms with Gasteiger partial charge in [0.05, 0.1) is 12.1 Å². The molecular formula is C19H13ClN2O4. The zero-order valence-electron chi connectivity index (χ0n) is 13.4. The van der Waals surface area contributed by atoms with Crippen LogP contribution in [0, 0.1) is 0 Å². The molecule has 3 aromatic rings. The molecule has 26 heavy (non-hydrogen) atoms. The lowest BCUT2D eigenvalue weighted by molar-refractivity contribution is -0.121. The van der Waals surface area contributed by atoms with Crippen molar-refractivity contribution in [1.82, 2.24) is 0 Å². The highest BCUT2D eigenvalue weighted by atomic mass is 35.5. The standard InChI is InChI=1S/C19H13ClN2O4/c20-12-2-1-3-14(9-12)22-17(23)10-15(19(22)25)21-13-5-6-16-11(8-13)4-7-18(24)26-16/h1-9,15,21H,10H2. The largest absolute Gasteiger partial charge is 0.423 e. The van der Waals surface area contributed by atoms with Gasteiger partial charge < -0.3 is 9.73 Å². The molecule has 1 saturated heterocycles. The van der Waals surface area contributed by atoms with E-state index >= 15 is 0 Å². The minimum absolute atomic E-state index is 0.0489. The molecule has 2 amide bonds. The summed E-state index contributed by atoms with van der Waals surface area (Å²) in [6.45, 7) is 0. The second-order valence-corrected chi connectivity index (χ2v) is 6.39.